The lowest BCUT2D eigenvalue weighted by Gasteiger charge is -2.13. The van der Waals surface area contributed by atoms with Crippen LogP contribution in [-0.2, 0) is 11.3 Å². The van der Waals surface area contributed by atoms with Gasteiger partial charge < -0.3 is 14.8 Å². The highest BCUT2D eigenvalue weighted by Crippen LogP contribution is 2.26. The fourth-order valence-electron chi connectivity index (χ4n) is 1.28. The third kappa shape index (κ3) is 5.12. The van der Waals surface area contributed by atoms with Crippen LogP contribution in [0, 0.1) is 0 Å². The van der Waals surface area contributed by atoms with Gasteiger partial charge in [-0.15, -0.1) is 0 Å². The zero-order valence-corrected chi connectivity index (χ0v) is 10.4. The zero-order valence-electron chi connectivity index (χ0n) is 9.68. The summed E-state index contributed by atoms with van der Waals surface area (Å²) in [5, 5.41) is 3.38. The van der Waals surface area contributed by atoms with Crippen LogP contribution in [0.4, 0.5) is 13.2 Å². The lowest BCUT2D eigenvalue weighted by atomic mass is 10.2. The molecule has 0 unspecified atom stereocenters. The van der Waals surface area contributed by atoms with Gasteiger partial charge in [0.1, 0.15) is 12.4 Å². The molecule has 0 aliphatic carbocycles. The molecular formula is C11H13ClF3NO2. The first-order valence-corrected chi connectivity index (χ1v) is 5.51. The Morgan fingerprint density at radius 3 is 2.67 bits per heavy atom. The number of hydrogen-bond donors (Lipinski definition) is 1. The molecule has 0 bridgehead atoms. The molecule has 0 aliphatic heterocycles. The van der Waals surface area contributed by atoms with Crippen LogP contribution < -0.4 is 10.1 Å². The molecule has 1 rings (SSSR count). The molecule has 1 aromatic carbocycles. The number of ether oxygens (including phenoxy) is 2. The van der Waals surface area contributed by atoms with E-state index in [1.807, 2.05) is 0 Å². The molecule has 3 nitrogen and oxygen atoms in total. The summed E-state index contributed by atoms with van der Waals surface area (Å²) in [5.41, 5.74) is 0.678. The largest absolute Gasteiger partial charge is 0.467 e. The average Bonchev–Trinajstić information content (AvgIpc) is 2.27. The topological polar surface area (TPSA) is 30.5 Å². The Bertz CT molecular complexity index is 385. The van der Waals surface area contributed by atoms with Gasteiger partial charge in [0, 0.05) is 17.1 Å². The van der Waals surface area contributed by atoms with E-state index in [0.717, 1.165) is 0 Å². The predicted molar refractivity (Wildman–Crippen MR) is 61.7 cm³/mol. The van der Waals surface area contributed by atoms with Crippen LogP contribution >= 0.6 is 11.6 Å². The molecule has 0 fully saturated rings. The summed E-state index contributed by atoms with van der Waals surface area (Å²) < 4.78 is 45.0. The average molecular weight is 284 g/mol. The molecule has 0 saturated carbocycles. The minimum atomic E-state index is -4.36. The molecule has 0 radical (unpaired) electrons. The highest BCUT2D eigenvalue weighted by Gasteiger charge is 2.27. The number of halogens is 4. The van der Waals surface area contributed by atoms with Gasteiger partial charge in [-0.25, -0.2) is 0 Å². The van der Waals surface area contributed by atoms with Gasteiger partial charge in [-0.1, -0.05) is 17.7 Å². The number of rotatable bonds is 6. The van der Waals surface area contributed by atoms with Crippen molar-refractivity contribution in [2.45, 2.75) is 12.7 Å². The molecule has 0 heterocycles. The van der Waals surface area contributed by atoms with Crippen molar-refractivity contribution >= 4 is 11.6 Å². The normalized spacial score (nSPS) is 11.6. The molecule has 0 amide bonds. The molecule has 0 aliphatic rings. The molecule has 0 saturated heterocycles. The fourth-order valence-corrected chi connectivity index (χ4v) is 1.52. The van der Waals surface area contributed by atoms with Gasteiger partial charge in [-0.2, -0.15) is 13.2 Å². The van der Waals surface area contributed by atoms with Gasteiger partial charge in [0.25, 0.3) is 0 Å². The number of nitrogens with one attached hydrogen (secondary N) is 1. The second-order valence-corrected chi connectivity index (χ2v) is 3.88. The van der Waals surface area contributed by atoms with Crippen molar-refractivity contribution in [3.05, 3.63) is 28.8 Å². The van der Waals surface area contributed by atoms with Gasteiger partial charge >= 0.3 is 6.18 Å². The number of hydrogen-bond acceptors (Lipinski definition) is 3. The summed E-state index contributed by atoms with van der Waals surface area (Å²) in [6, 6.07) is 4.95. The van der Waals surface area contributed by atoms with E-state index in [4.69, 9.17) is 16.3 Å². The summed E-state index contributed by atoms with van der Waals surface area (Å²) in [6.07, 6.45) is -4.36. The molecule has 0 spiro atoms. The second-order valence-electron chi connectivity index (χ2n) is 3.47. The molecule has 0 aromatic heterocycles. The standard InChI is InChI=1S/C11H13ClF3NO2/c1-16-5-8-9(12)3-2-4-10(8)18-7-17-6-11(13,14)15/h2-4,16H,5-7H2,1H3. The van der Waals surface area contributed by atoms with Crippen LogP contribution in [0.15, 0.2) is 18.2 Å². The Morgan fingerprint density at radius 2 is 2.06 bits per heavy atom. The lowest BCUT2D eigenvalue weighted by molar-refractivity contribution is -0.186. The monoisotopic (exact) mass is 283 g/mol. The maximum Gasteiger partial charge on any atom is 0.411 e. The van der Waals surface area contributed by atoms with Crippen molar-refractivity contribution in [3.63, 3.8) is 0 Å². The van der Waals surface area contributed by atoms with Crippen LogP contribution in [0.3, 0.4) is 0 Å². The zero-order chi connectivity index (χ0) is 13.6. The Balaban J connectivity index is 2.54. The third-order valence-corrected chi connectivity index (χ3v) is 2.35. The van der Waals surface area contributed by atoms with Crippen LogP contribution in [0.1, 0.15) is 5.56 Å². The molecule has 102 valence electrons. The van der Waals surface area contributed by atoms with Crippen molar-refractivity contribution in [1.29, 1.82) is 0 Å². The Morgan fingerprint density at radius 1 is 1.33 bits per heavy atom. The number of alkyl halides is 3. The third-order valence-electron chi connectivity index (χ3n) is 1.99. The van der Waals surface area contributed by atoms with Crippen LogP contribution in [-0.4, -0.2) is 26.6 Å². The van der Waals surface area contributed by atoms with Crippen LogP contribution in [0.5, 0.6) is 5.75 Å². The van der Waals surface area contributed by atoms with E-state index in [9.17, 15) is 13.2 Å². The summed E-state index contributed by atoms with van der Waals surface area (Å²) in [4.78, 5) is 0. The Kier molecular flexibility index (Phi) is 5.71. The van der Waals surface area contributed by atoms with Crippen molar-refractivity contribution in [2.75, 3.05) is 20.4 Å². The first kappa shape index (κ1) is 15.1. The first-order chi connectivity index (χ1) is 8.44. The van der Waals surface area contributed by atoms with E-state index < -0.39 is 19.6 Å². The van der Waals surface area contributed by atoms with Gasteiger partial charge in [0.2, 0.25) is 0 Å². The minimum Gasteiger partial charge on any atom is -0.467 e. The first-order valence-electron chi connectivity index (χ1n) is 5.13. The quantitative estimate of drug-likeness (QED) is 0.643. The SMILES string of the molecule is CNCc1c(Cl)cccc1OCOCC(F)(F)F. The smallest absolute Gasteiger partial charge is 0.411 e. The highest BCUT2D eigenvalue weighted by atomic mass is 35.5. The molecule has 0 atom stereocenters. The number of benzene rings is 1. The van der Waals surface area contributed by atoms with E-state index in [1.54, 1.807) is 25.2 Å². The van der Waals surface area contributed by atoms with E-state index in [0.29, 0.717) is 22.9 Å². The molecule has 18 heavy (non-hydrogen) atoms. The summed E-state index contributed by atoms with van der Waals surface area (Å²) >= 11 is 5.95. The molecule has 1 aromatic rings. The summed E-state index contributed by atoms with van der Waals surface area (Å²) in [7, 11) is 1.73. The second kappa shape index (κ2) is 6.82. The van der Waals surface area contributed by atoms with Crippen molar-refractivity contribution in [3.8, 4) is 5.75 Å². The van der Waals surface area contributed by atoms with Gasteiger partial charge in [-0.3, -0.25) is 0 Å². The van der Waals surface area contributed by atoms with Crippen molar-refractivity contribution in [2.24, 2.45) is 0 Å². The Hall–Kier alpha value is -0.980. The predicted octanol–water partition coefficient (Wildman–Crippen LogP) is 2.97. The van der Waals surface area contributed by atoms with E-state index in [1.165, 1.54) is 0 Å². The van der Waals surface area contributed by atoms with Crippen LogP contribution in [0.2, 0.25) is 5.02 Å². The van der Waals surface area contributed by atoms with Crippen molar-refractivity contribution < 1.29 is 22.6 Å². The summed E-state index contributed by atoms with van der Waals surface area (Å²) in [6.45, 7) is -1.36. The van der Waals surface area contributed by atoms with E-state index in [2.05, 4.69) is 10.1 Å². The molecule has 7 heteroatoms. The van der Waals surface area contributed by atoms with E-state index in [-0.39, 0.29) is 0 Å². The molecular weight excluding hydrogens is 271 g/mol. The fraction of sp³-hybridized carbons (Fsp3) is 0.455. The lowest BCUT2D eigenvalue weighted by Crippen LogP contribution is -2.19. The minimum absolute atomic E-state index is 0.402. The van der Waals surface area contributed by atoms with Crippen LogP contribution in [0.25, 0.3) is 0 Å². The molecule has 1 N–H and O–H groups in total. The maximum atomic E-state index is 11.8. The maximum absolute atomic E-state index is 11.8. The van der Waals surface area contributed by atoms with Gasteiger partial charge in [-0.05, 0) is 19.2 Å². The van der Waals surface area contributed by atoms with E-state index >= 15 is 0 Å². The Labute approximate surface area is 108 Å². The highest BCUT2D eigenvalue weighted by molar-refractivity contribution is 6.31. The van der Waals surface area contributed by atoms with Gasteiger partial charge in [0.15, 0.2) is 6.79 Å². The van der Waals surface area contributed by atoms with Crippen molar-refractivity contribution in [1.82, 2.24) is 5.32 Å². The summed E-state index contributed by atoms with van der Waals surface area (Å²) in [5.74, 6) is 0.402. The van der Waals surface area contributed by atoms with Gasteiger partial charge in [0.05, 0.1) is 0 Å².